The smallest absolute Gasteiger partial charge is 0.416 e. The van der Waals surface area contributed by atoms with Gasteiger partial charge in [0.15, 0.2) is 6.10 Å². The number of halogens is 3. The maximum atomic E-state index is 12.8. The van der Waals surface area contributed by atoms with Gasteiger partial charge in [-0.05, 0) is 55.6 Å². The minimum atomic E-state index is -4.71. The fourth-order valence-electron chi connectivity index (χ4n) is 4.84. The fourth-order valence-corrected chi connectivity index (χ4v) is 4.84. The summed E-state index contributed by atoms with van der Waals surface area (Å²) in [5.41, 5.74) is 2.58. The third kappa shape index (κ3) is 6.26. The zero-order chi connectivity index (χ0) is 28.3. The van der Waals surface area contributed by atoms with Crippen molar-refractivity contribution in [1.82, 2.24) is 20.3 Å². The lowest BCUT2D eigenvalue weighted by Gasteiger charge is -2.28. The first-order valence-corrected chi connectivity index (χ1v) is 13.1. The van der Waals surface area contributed by atoms with E-state index >= 15 is 0 Å². The van der Waals surface area contributed by atoms with Gasteiger partial charge in [0.25, 0.3) is 0 Å². The van der Waals surface area contributed by atoms with E-state index in [0.29, 0.717) is 51.2 Å². The number of aromatic nitrogens is 3. The molecule has 0 aliphatic carbocycles. The first-order chi connectivity index (χ1) is 19.2. The zero-order valence-electron chi connectivity index (χ0n) is 22.2. The van der Waals surface area contributed by atoms with Crippen molar-refractivity contribution < 1.29 is 23.0 Å². The number of piperidine rings is 1. The number of anilines is 2. The Kier molecular flexibility index (Phi) is 8.04. The zero-order valence-corrected chi connectivity index (χ0v) is 22.2. The molecule has 11 heteroatoms. The molecule has 2 aromatic carbocycles. The summed E-state index contributed by atoms with van der Waals surface area (Å²) in [6.45, 7) is 5.26. The SMILES string of the molecule is Cc1ccc2c(NC[C@H](O)C(F)(F)F)cccc2c1Oc1ncccc1-c1ccnc(N[C@@H]2CNC[C@H](C)C2)n1. The number of aryl methyl sites for hydroxylation is 1. The van der Waals surface area contributed by atoms with Crippen molar-refractivity contribution >= 4 is 22.4 Å². The van der Waals surface area contributed by atoms with Crippen LogP contribution in [0.2, 0.25) is 0 Å². The lowest BCUT2D eigenvalue weighted by molar-refractivity contribution is -0.198. The average molecular weight is 553 g/mol. The molecule has 3 heterocycles. The highest BCUT2D eigenvalue weighted by molar-refractivity contribution is 5.98. The average Bonchev–Trinajstić information content (AvgIpc) is 2.93. The number of aliphatic hydroxyl groups is 1. The third-order valence-corrected chi connectivity index (χ3v) is 6.88. The Bertz CT molecular complexity index is 1480. The molecule has 0 saturated carbocycles. The highest BCUT2D eigenvalue weighted by atomic mass is 19.4. The predicted octanol–water partition coefficient (Wildman–Crippen LogP) is 5.54. The van der Waals surface area contributed by atoms with Gasteiger partial charge >= 0.3 is 6.18 Å². The van der Waals surface area contributed by atoms with E-state index in [2.05, 4.69) is 32.8 Å². The number of aliphatic hydroxyl groups excluding tert-OH is 1. The molecule has 1 aliphatic heterocycles. The van der Waals surface area contributed by atoms with Crippen molar-refractivity contribution in [2.75, 3.05) is 30.3 Å². The largest absolute Gasteiger partial charge is 0.437 e. The molecule has 210 valence electrons. The molecule has 3 atom stereocenters. The number of hydrogen-bond acceptors (Lipinski definition) is 8. The molecule has 40 heavy (non-hydrogen) atoms. The Morgan fingerprint density at radius 2 is 1.90 bits per heavy atom. The Labute approximate surface area is 230 Å². The number of nitrogens with zero attached hydrogens (tertiary/aromatic N) is 3. The lowest BCUT2D eigenvalue weighted by Crippen LogP contribution is -2.42. The quantitative estimate of drug-likeness (QED) is 0.226. The summed E-state index contributed by atoms with van der Waals surface area (Å²) in [6.07, 6.45) is -2.85. The number of nitrogens with one attached hydrogen (secondary N) is 3. The monoisotopic (exact) mass is 552 g/mol. The summed E-state index contributed by atoms with van der Waals surface area (Å²) >= 11 is 0. The molecule has 0 radical (unpaired) electrons. The van der Waals surface area contributed by atoms with Gasteiger partial charge in [-0.25, -0.2) is 15.0 Å². The summed E-state index contributed by atoms with van der Waals surface area (Å²) in [7, 11) is 0. The number of ether oxygens (including phenoxy) is 1. The number of benzene rings is 2. The number of alkyl halides is 3. The van der Waals surface area contributed by atoms with Crippen LogP contribution in [0.1, 0.15) is 18.9 Å². The highest BCUT2D eigenvalue weighted by Crippen LogP contribution is 2.38. The van der Waals surface area contributed by atoms with E-state index in [9.17, 15) is 18.3 Å². The fraction of sp³-hybridized carbons (Fsp3) is 0.345. The van der Waals surface area contributed by atoms with Gasteiger partial charge in [0.2, 0.25) is 11.8 Å². The normalized spacial score (nSPS) is 18.4. The molecule has 0 unspecified atom stereocenters. The Morgan fingerprint density at radius 1 is 1.05 bits per heavy atom. The molecule has 4 aromatic rings. The van der Waals surface area contributed by atoms with Gasteiger partial charge in [-0.3, -0.25) is 0 Å². The molecule has 0 bridgehead atoms. The molecule has 0 amide bonds. The molecule has 1 saturated heterocycles. The Hall–Kier alpha value is -3.96. The second-order valence-corrected chi connectivity index (χ2v) is 10.1. The van der Waals surface area contributed by atoms with Crippen molar-refractivity contribution in [3.8, 4) is 22.9 Å². The van der Waals surface area contributed by atoms with Crippen LogP contribution in [0.3, 0.4) is 0 Å². The summed E-state index contributed by atoms with van der Waals surface area (Å²) in [5.74, 6) is 1.93. The summed E-state index contributed by atoms with van der Waals surface area (Å²) in [5, 5.41) is 20.3. The maximum absolute atomic E-state index is 12.8. The second kappa shape index (κ2) is 11.6. The van der Waals surface area contributed by atoms with Gasteiger partial charge in [0, 0.05) is 48.0 Å². The first-order valence-electron chi connectivity index (χ1n) is 13.1. The minimum absolute atomic E-state index is 0.224. The van der Waals surface area contributed by atoms with E-state index in [0.717, 1.165) is 25.1 Å². The molecule has 8 nitrogen and oxygen atoms in total. The van der Waals surface area contributed by atoms with Crippen LogP contribution < -0.4 is 20.7 Å². The number of hydrogen-bond donors (Lipinski definition) is 4. The molecule has 4 N–H and O–H groups in total. The van der Waals surface area contributed by atoms with Crippen LogP contribution in [0.4, 0.5) is 24.8 Å². The van der Waals surface area contributed by atoms with E-state index in [1.165, 1.54) is 0 Å². The standard InChI is InChI=1S/C29H31F3N6O2/c1-17-13-19(15-33-14-17)37-28-35-12-10-24(38-28)22-6-4-11-34-27(22)40-26-18(2)8-9-20-21(26)5-3-7-23(20)36-16-25(39)29(30,31)32/h3-12,17,19,25,33,36,39H,13-16H2,1-2H3,(H,35,37,38)/t17-,19+,25+/m1/s1. The number of fused-ring (bicyclic) bond motifs is 1. The molecule has 0 spiro atoms. The Morgan fingerprint density at radius 3 is 2.70 bits per heavy atom. The van der Waals surface area contributed by atoms with Gasteiger partial charge in [-0.1, -0.05) is 31.2 Å². The summed E-state index contributed by atoms with van der Waals surface area (Å²) < 4.78 is 44.9. The van der Waals surface area contributed by atoms with E-state index in [1.54, 1.807) is 36.7 Å². The molecule has 1 aliphatic rings. The molecular formula is C29H31F3N6O2. The van der Waals surface area contributed by atoms with Crippen molar-refractivity contribution in [2.45, 2.75) is 38.6 Å². The molecule has 5 rings (SSSR count). The third-order valence-electron chi connectivity index (χ3n) is 6.88. The van der Waals surface area contributed by atoms with E-state index in [4.69, 9.17) is 9.72 Å². The maximum Gasteiger partial charge on any atom is 0.416 e. The van der Waals surface area contributed by atoms with Crippen molar-refractivity contribution in [3.63, 3.8) is 0 Å². The van der Waals surface area contributed by atoms with Gasteiger partial charge < -0.3 is 25.8 Å². The number of pyridine rings is 1. The minimum Gasteiger partial charge on any atom is -0.437 e. The predicted molar refractivity (Wildman–Crippen MR) is 149 cm³/mol. The van der Waals surface area contributed by atoms with E-state index < -0.39 is 18.8 Å². The molecular weight excluding hydrogens is 521 g/mol. The lowest BCUT2D eigenvalue weighted by atomic mass is 9.98. The molecule has 1 fully saturated rings. The highest BCUT2D eigenvalue weighted by Gasteiger charge is 2.37. The molecule has 2 aromatic heterocycles. The van der Waals surface area contributed by atoms with Crippen LogP contribution in [-0.4, -0.2) is 58.0 Å². The van der Waals surface area contributed by atoms with Gasteiger partial charge in [-0.2, -0.15) is 13.2 Å². The van der Waals surface area contributed by atoms with Crippen molar-refractivity contribution in [1.29, 1.82) is 0 Å². The second-order valence-electron chi connectivity index (χ2n) is 10.1. The van der Waals surface area contributed by atoms with E-state index in [-0.39, 0.29) is 6.04 Å². The summed E-state index contributed by atoms with van der Waals surface area (Å²) in [4.78, 5) is 13.6. The van der Waals surface area contributed by atoms with Gasteiger partial charge in [-0.15, -0.1) is 0 Å². The summed E-state index contributed by atoms with van der Waals surface area (Å²) in [6, 6.07) is 14.5. The van der Waals surface area contributed by atoms with Crippen LogP contribution in [0.15, 0.2) is 60.9 Å². The van der Waals surface area contributed by atoms with Gasteiger partial charge in [0.05, 0.1) is 11.3 Å². The van der Waals surface area contributed by atoms with Crippen LogP contribution in [0.5, 0.6) is 11.6 Å². The first kappa shape index (κ1) is 27.6. The number of rotatable bonds is 8. The van der Waals surface area contributed by atoms with Crippen molar-refractivity contribution in [3.05, 3.63) is 66.5 Å². The Balaban J connectivity index is 1.43. The van der Waals surface area contributed by atoms with Gasteiger partial charge in [0.1, 0.15) is 5.75 Å². The van der Waals surface area contributed by atoms with Crippen LogP contribution in [0, 0.1) is 12.8 Å². The van der Waals surface area contributed by atoms with Crippen molar-refractivity contribution in [2.24, 2.45) is 5.92 Å². The van der Waals surface area contributed by atoms with Crippen LogP contribution in [0.25, 0.3) is 22.0 Å². The van der Waals surface area contributed by atoms with Crippen LogP contribution in [-0.2, 0) is 0 Å². The topological polar surface area (TPSA) is 104 Å². The van der Waals surface area contributed by atoms with Crippen LogP contribution >= 0.6 is 0 Å². The van der Waals surface area contributed by atoms with E-state index in [1.807, 2.05) is 31.2 Å².